The molecule has 0 fully saturated rings. The summed E-state index contributed by atoms with van der Waals surface area (Å²) < 4.78 is 4.06. The Hall–Kier alpha value is -2.82. The second-order valence-corrected chi connectivity index (χ2v) is 5.77. The molecule has 1 aromatic carbocycles. The minimum atomic E-state index is 0.0122. The Morgan fingerprint density at radius 2 is 2.00 bits per heavy atom. The number of carbonyl (C=O) groups is 1. The number of benzene rings is 1. The number of aryl methyl sites for hydroxylation is 2. The zero-order valence-corrected chi connectivity index (χ0v) is 14.1. The molecule has 0 saturated heterocycles. The van der Waals surface area contributed by atoms with Gasteiger partial charge in [0.2, 0.25) is 5.91 Å². The maximum Gasteiger partial charge on any atom is 0.226 e. The highest BCUT2D eigenvalue weighted by Crippen LogP contribution is 2.21. The van der Waals surface area contributed by atoms with E-state index in [4.69, 9.17) is 0 Å². The molecule has 124 valence electrons. The monoisotopic (exact) mass is 322 g/mol. The summed E-state index contributed by atoms with van der Waals surface area (Å²) >= 11 is 0. The highest BCUT2D eigenvalue weighted by atomic mass is 16.1. The number of anilines is 1. The normalized spacial score (nSPS) is 10.8. The number of hydrogen-bond donors (Lipinski definition) is 1. The SMILES string of the molecule is CCn1ccc(NC(=O)CCn2cnc(-c3ccccc3)c2C)c1. The van der Waals surface area contributed by atoms with Gasteiger partial charge >= 0.3 is 0 Å². The second kappa shape index (κ2) is 7.17. The molecule has 0 aliphatic carbocycles. The van der Waals surface area contributed by atoms with Gasteiger partial charge in [-0.05, 0) is 19.9 Å². The smallest absolute Gasteiger partial charge is 0.226 e. The van der Waals surface area contributed by atoms with Crippen LogP contribution in [-0.2, 0) is 17.9 Å². The van der Waals surface area contributed by atoms with Crippen molar-refractivity contribution in [3.63, 3.8) is 0 Å². The van der Waals surface area contributed by atoms with Crippen LogP contribution < -0.4 is 5.32 Å². The van der Waals surface area contributed by atoms with Gasteiger partial charge in [-0.2, -0.15) is 0 Å². The summed E-state index contributed by atoms with van der Waals surface area (Å²) in [6.07, 6.45) is 6.12. The predicted molar refractivity (Wildman–Crippen MR) is 95.8 cm³/mol. The van der Waals surface area contributed by atoms with E-state index < -0.39 is 0 Å². The van der Waals surface area contributed by atoms with Gasteiger partial charge in [0.05, 0.1) is 17.7 Å². The van der Waals surface area contributed by atoms with E-state index in [0.717, 1.165) is 29.2 Å². The van der Waals surface area contributed by atoms with Crippen LogP contribution in [0, 0.1) is 6.92 Å². The maximum atomic E-state index is 12.1. The van der Waals surface area contributed by atoms with Crippen LogP contribution in [0.4, 0.5) is 5.69 Å². The van der Waals surface area contributed by atoms with Gasteiger partial charge in [-0.25, -0.2) is 4.98 Å². The van der Waals surface area contributed by atoms with Crippen molar-refractivity contribution in [2.24, 2.45) is 0 Å². The van der Waals surface area contributed by atoms with Crippen LogP contribution >= 0.6 is 0 Å². The standard InChI is InChI=1S/C19H22N4O/c1-3-22-11-9-17(13-22)21-18(24)10-12-23-14-20-19(15(23)2)16-7-5-4-6-8-16/h4-9,11,13-14H,3,10,12H2,1-2H3,(H,21,24). The molecule has 3 rings (SSSR count). The Kier molecular flexibility index (Phi) is 4.79. The number of amides is 1. The highest BCUT2D eigenvalue weighted by Gasteiger charge is 2.10. The number of imidazole rings is 1. The molecule has 0 aliphatic heterocycles. The van der Waals surface area contributed by atoms with Gasteiger partial charge in [0.1, 0.15) is 0 Å². The molecule has 5 nitrogen and oxygen atoms in total. The third kappa shape index (κ3) is 3.56. The number of carbonyl (C=O) groups excluding carboxylic acids is 1. The lowest BCUT2D eigenvalue weighted by Crippen LogP contribution is -2.14. The molecule has 24 heavy (non-hydrogen) atoms. The Morgan fingerprint density at radius 3 is 2.71 bits per heavy atom. The van der Waals surface area contributed by atoms with Gasteiger partial charge in [-0.1, -0.05) is 30.3 Å². The summed E-state index contributed by atoms with van der Waals surface area (Å²) in [6.45, 7) is 5.62. The van der Waals surface area contributed by atoms with E-state index in [-0.39, 0.29) is 5.91 Å². The topological polar surface area (TPSA) is 51.9 Å². The first-order chi connectivity index (χ1) is 11.7. The Morgan fingerprint density at radius 1 is 1.21 bits per heavy atom. The molecule has 2 aromatic heterocycles. The van der Waals surface area contributed by atoms with Crippen molar-refractivity contribution in [3.05, 3.63) is 60.8 Å². The lowest BCUT2D eigenvalue weighted by Gasteiger charge is -2.07. The van der Waals surface area contributed by atoms with E-state index in [1.807, 2.05) is 64.8 Å². The molecule has 0 aliphatic rings. The lowest BCUT2D eigenvalue weighted by atomic mass is 10.1. The minimum Gasteiger partial charge on any atom is -0.352 e. The number of aromatic nitrogens is 3. The van der Waals surface area contributed by atoms with Crippen LogP contribution in [0.25, 0.3) is 11.3 Å². The molecule has 5 heteroatoms. The van der Waals surface area contributed by atoms with Crippen LogP contribution in [0.5, 0.6) is 0 Å². The van der Waals surface area contributed by atoms with E-state index >= 15 is 0 Å². The van der Waals surface area contributed by atoms with Crippen molar-refractivity contribution in [3.8, 4) is 11.3 Å². The lowest BCUT2D eigenvalue weighted by molar-refractivity contribution is -0.116. The molecule has 2 heterocycles. The van der Waals surface area contributed by atoms with Crippen molar-refractivity contribution >= 4 is 11.6 Å². The molecule has 3 aromatic rings. The number of nitrogens with zero attached hydrogens (tertiary/aromatic N) is 3. The quantitative estimate of drug-likeness (QED) is 0.752. The van der Waals surface area contributed by atoms with Gasteiger partial charge < -0.3 is 14.5 Å². The fourth-order valence-electron chi connectivity index (χ4n) is 2.71. The summed E-state index contributed by atoms with van der Waals surface area (Å²) in [6, 6.07) is 12.0. The number of hydrogen-bond acceptors (Lipinski definition) is 2. The largest absolute Gasteiger partial charge is 0.352 e. The van der Waals surface area contributed by atoms with E-state index in [1.165, 1.54) is 0 Å². The third-order valence-electron chi connectivity index (χ3n) is 4.13. The van der Waals surface area contributed by atoms with Gasteiger partial charge in [-0.15, -0.1) is 0 Å². The van der Waals surface area contributed by atoms with Crippen LogP contribution in [-0.4, -0.2) is 20.0 Å². The van der Waals surface area contributed by atoms with Crippen molar-refractivity contribution < 1.29 is 4.79 Å². The Bertz CT molecular complexity index is 817. The van der Waals surface area contributed by atoms with Crippen molar-refractivity contribution in [2.75, 3.05) is 5.32 Å². The van der Waals surface area contributed by atoms with E-state index in [9.17, 15) is 4.79 Å². The predicted octanol–water partition coefficient (Wildman–Crippen LogP) is 3.71. The highest BCUT2D eigenvalue weighted by molar-refractivity contribution is 5.90. The van der Waals surface area contributed by atoms with Crippen LogP contribution in [0.2, 0.25) is 0 Å². The zero-order chi connectivity index (χ0) is 16.9. The van der Waals surface area contributed by atoms with Gasteiger partial charge in [-0.3, -0.25) is 4.79 Å². The summed E-state index contributed by atoms with van der Waals surface area (Å²) in [7, 11) is 0. The maximum absolute atomic E-state index is 12.1. The number of rotatable bonds is 6. The van der Waals surface area contributed by atoms with E-state index in [0.29, 0.717) is 13.0 Å². The van der Waals surface area contributed by atoms with Gasteiger partial charge in [0.25, 0.3) is 0 Å². The van der Waals surface area contributed by atoms with Crippen LogP contribution in [0.1, 0.15) is 19.0 Å². The second-order valence-electron chi connectivity index (χ2n) is 5.77. The van der Waals surface area contributed by atoms with Crippen LogP contribution in [0.15, 0.2) is 55.1 Å². The fourth-order valence-corrected chi connectivity index (χ4v) is 2.71. The first-order valence-electron chi connectivity index (χ1n) is 8.20. The van der Waals surface area contributed by atoms with Crippen molar-refractivity contribution in [1.29, 1.82) is 0 Å². The Balaban J connectivity index is 1.60. The minimum absolute atomic E-state index is 0.0122. The zero-order valence-electron chi connectivity index (χ0n) is 14.1. The molecular weight excluding hydrogens is 300 g/mol. The molecule has 0 bridgehead atoms. The first kappa shape index (κ1) is 16.1. The van der Waals surface area contributed by atoms with Crippen molar-refractivity contribution in [2.45, 2.75) is 33.4 Å². The van der Waals surface area contributed by atoms with E-state index in [1.54, 1.807) is 6.33 Å². The van der Waals surface area contributed by atoms with Crippen molar-refractivity contribution in [1.82, 2.24) is 14.1 Å². The summed E-state index contributed by atoms with van der Waals surface area (Å²) in [5.74, 6) is 0.0122. The van der Waals surface area contributed by atoms with E-state index in [2.05, 4.69) is 17.2 Å². The molecule has 0 atom stereocenters. The Labute approximate surface area is 142 Å². The molecule has 1 amide bonds. The average molecular weight is 322 g/mol. The molecule has 0 saturated carbocycles. The molecular formula is C19H22N4O. The summed E-state index contributed by atoms with van der Waals surface area (Å²) in [4.78, 5) is 16.6. The molecule has 0 spiro atoms. The van der Waals surface area contributed by atoms with Crippen LogP contribution in [0.3, 0.4) is 0 Å². The molecule has 1 N–H and O–H groups in total. The first-order valence-corrected chi connectivity index (χ1v) is 8.20. The average Bonchev–Trinajstić information content (AvgIpc) is 3.20. The summed E-state index contributed by atoms with van der Waals surface area (Å²) in [5, 5.41) is 2.93. The fraction of sp³-hybridized carbons (Fsp3) is 0.263. The molecule has 0 radical (unpaired) electrons. The molecule has 0 unspecified atom stereocenters. The third-order valence-corrected chi connectivity index (χ3v) is 4.13. The van der Waals surface area contributed by atoms with Gasteiger partial charge in [0, 0.05) is 43.2 Å². The number of nitrogens with one attached hydrogen (secondary N) is 1. The summed E-state index contributed by atoms with van der Waals surface area (Å²) in [5.41, 5.74) is 3.98. The van der Waals surface area contributed by atoms with Gasteiger partial charge in [0.15, 0.2) is 0 Å².